The summed E-state index contributed by atoms with van der Waals surface area (Å²) in [4.78, 5) is 19.5. The van der Waals surface area contributed by atoms with Gasteiger partial charge in [0, 0.05) is 42.8 Å². The van der Waals surface area contributed by atoms with E-state index in [4.69, 9.17) is 16.3 Å². The lowest BCUT2D eigenvalue weighted by molar-refractivity contribution is -0.118. The summed E-state index contributed by atoms with van der Waals surface area (Å²) < 4.78 is 7.41. The van der Waals surface area contributed by atoms with E-state index in [1.165, 1.54) is 12.8 Å². The lowest BCUT2D eigenvalue weighted by atomic mass is 10.1. The number of carbonyl (C=O) groups excluding carboxylic acids is 1. The van der Waals surface area contributed by atoms with Crippen molar-refractivity contribution >= 4 is 23.2 Å². The van der Waals surface area contributed by atoms with Crippen LogP contribution in [0.15, 0.2) is 42.6 Å². The second kappa shape index (κ2) is 9.52. The van der Waals surface area contributed by atoms with Gasteiger partial charge in [0.15, 0.2) is 11.6 Å². The first kappa shape index (κ1) is 21.4. The molecule has 0 radical (unpaired) electrons. The number of hydrogen-bond donors (Lipinski definition) is 0. The summed E-state index contributed by atoms with van der Waals surface area (Å²) in [6, 6.07) is 11.5. The molecule has 1 aliphatic rings. The summed E-state index contributed by atoms with van der Waals surface area (Å²) in [5.74, 6) is 1.77. The third-order valence-electron chi connectivity index (χ3n) is 5.53. The van der Waals surface area contributed by atoms with Crippen molar-refractivity contribution in [1.29, 1.82) is 0 Å². The number of methoxy groups -OCH3 is 1. The van der Waals surface area contributed by atoms with Crippen LogP contribution in [0.2, 0.25) is 5.02 Å². The first-order chi connectivity index (χ1) is 15.0. The molecule has 0 amide bonds. The monoisotopic (exact) mass is 438 g/mol. The highest BCUT2D eigenvalue weighted by Gasteiger charge is 2.19. The Labute approximate surface area is 187 Å². The van der Waals surface area contributed by atoms with Crippen LogP contribution in [0, 0.1) is 6.92 Å². The molecule has 0 atom stereocenters. The Bertz CT molecular complexity index is 1070. The second-order valence-electron chi connectivity index (χ2n) is 7.95. The van der Waals surface area contributed by atoms with Gasteiger partial charge >= 0.3 is 0 Å². The number of aromatic nitrogens is 3. The predicted octanol–water partition coefficient (Wildman–Crippen LogP) is 4.58. The van der Waals surface area contributed by atoms with Crippen molar-refractivity contribution in [1.82, 2.24) is 14.8 Å². The van der Waals surface area contributed by atoms with Crippen molar-refractivity contribution in [3.8, 4) is 11.4 Å². The molecule has 2 aromatic heterocycles. The van der Waals surface area contributed by atoms with Gasteiger partial charge in [0.25, 0.3) is 0 Å². The quantitative estimate of drug-likeness (QED) is 0.515. The average molecular weight is 439 g/mol. The van der Waals surface area contributed by atoms with Crippen LogP contribution in [-0.4, -0.2) is 40.7 Å². The predicted molar refractivity (Wildman–Crippen MR) is 123 cm³/mol. The van der Waals surface area contributed by atoms with Crippen molar-refractivity contribution < 1.29 is 9.53 Å². The van der Waals surface area contributed by atoms with Crippen LogP contribution in [0.1, 0.15) is 36.2 Å². The molecule has 3 aromatic rings. The number of benzene rings is 1. The van der Waals surface area contributed by atoms with E-state index in [0.29, 0.717) is 24.3 Å². The molecule has 0 unspecified atom stereocenters. The zero-order valence-corrected chi connectivity index (χ0v) is 18.7. The molecule has 0 aliphatic carbocycles. The molecule has 1 aliphatic heterocycles. The standard InChI is InChI=1S/C24H27ClN4O2/c1-17-12-21(29(27-17)20-7-5-6-19(25)15-20)8-9-22(30)13-18-14-23(31-2)24(26-16-18)28-10-3-4-11-28/h5-7,12,14-16H,3-4,8-11,13H2,1-2H3. The zero-order valence-electron chi connectivity index (χ0n) is 18.0. The number of pyridine rings is 1. The van der Waals surface area contributed by atoms with Gasteiger partial charge in [0.2, 0.25) is 0 Å². The van der Waals surface area contributed by atoms with Gasteiger partial charge in [0.1, 0.15) is 5.78 Å². The fourth-order valence-electron chi connectivity index (χ4n) is 4.04. The minimum atomic E-state index is 0.161. The van der Waals surface area contributed by atoms with Gasteiger partial charge in [0.05, 0.1) is 18.5 Å². The Morgan fingerprint density at radius 2 is 2.00 bits per heavy atom. The number of carbonyl (C=O) groups is 1. The molecule has 0 bridgehead atoms. The van der Waals surface area contributed by atoms with Crippen LogP contribution in [-0.2, 0) is 17.6 Å². The molecule has 1 saturated heterocycles. The fourth-order valence-corrected chi connectivity index (χ4v) is 4.22. The number of anilines is 1. The summed E-state index contributed by atoms with van der Waals surface area (Å²) in [7, 11) is 1.65. The fraction of sp³-hybridized carbons (Fsp3) is 0.375. The number of ether oxygens (including phenoxy) is 1. The first-order valence-corrected chi connectivity index (χ1v) is 11.0. The number of hydrogen-bond acceptors (Lipinski definition) is 5. The van der Waals surface area contributed by atoms with Gasteiger partial charge in [-0.1, -0.05) is 17.7 Å². The van der Waals surface area contributed by atoms with E-state index in [2.05, 4.69) is 15.0 Å². The Hall–Kier alpha value is -2.86. The molecule has 6 nitrogen and oxygen atoms in total. The average Bonchev–Trinajstić information content (AvgIpc) is 3.42. The molecule has 3 heterocycles. The maximum atomic E-state index is 12.7. The number of nitrogens with zero attached hydrogens (tertiary/aromatic N) is 4. The van der Waals surface area contributed by atoms with E-state index < -0.39 is 0 Å². The minimum Gasteiger partial charge on any atom is -0.493 e. The summed E-state index contributed by atoms with van der Waals surface area (Å²) in [5, 5.41) is 5.23. The van der Waals surface area contributed by atoms with Gasteiger partial charge in [-0.15, -0.1) is 0 Å². The van der Waals surface area contributed by atoms with Crippen molar-refractivity contribution in [3.63, 3.8) is 0 Å². The number of Topliss-reactive ketones (excluding diaryl/α,β-unsaturated/α-hetero) is 1. The smallest absolute Gasteiger partial charge is 0.171 e. The molecule has 7 heteroatoms. The van der Waals surface area contributed by atoms with Gasteiger partial charge in [-0.05, 0) is 62.1 Å². The largest absolute Gasteiger partial charge is 0.493 e. The van der Waals surface area contributed by atoms with Crippen LogP contribution in [0.4, 0.5) is 5.82 Å². The molecular weight excluding hydrogens is 412 g/mol. The molecule has 0 spiro atoms. The molecule has 31 heavy (non-hydrogen) atoms. The van der Waals surface area contributed by atoms with E-state index in [1.54, 1.807) is 13.3 Å². The van der Waals surface area contributed by atoms with E-state index in [0.717, 1.165) is 47.3 Å². The van der Waals surface area contributed by atoms with E-state index in [9.17, 15) is 4.79 Å². The van der Waals surface area contributed by atoms with Crippen LogP contribution in [0.25, 0.3) is 5.69 Å². The summed E-state index contributed by atoms with van der Waals surface area (Å²) in [6.07, 6.45) is 5.54. The van der Waals surface area contributed by atoms with Gasteiger partial charge in [-0.2, -0.15) is 5.10 Å². The lowest BCUT2D eigenvalue weighted by Crippen LogP contribution is -2.20. The summed E-state index contributed by atoms with van der Waals surface area (Å²) in [5.41, 5.74) is 3.68. The Balaban J connectivity index is 1.42. The third-order valence-corrected chi connectivity index (χ3v) is 5.77. The SMILES string of the molecule is COc1cc(CC(=O)CCc2cc(C)nn2-c2cccc(Cl)c2)cnc1N1CCCC1. The Morgan fingerprint density at radius 3 is 2.74 bits per heavy atom. The maximum Gasteiger partial charge on any atom is 0.171 e. The first-order valence-electron chi connectivity index (χ1n) is 10.6. The number of ketones is 1. The van der Waals surface area contributed by atoms with Crippen LogP contribution in [0.5, 0.6) is 5.75 Å². The molecule has 4 rings (SSSR count). The molecule has 162 valence electrons. The van der Waals surface area contributed by atoms with E-state index in [1.807, 2.05) is 48.0 Å². The van der Waals surface area contributed by atoms with Gasteiger partial charge < -0.3 is 9.64 Å². The number of halogens is 1. The van der Waals surface area contributed by atoms with Crippen molar-refractivity contribution in [2.24, 2.45) is 0 Å². The van der Waals surface area contributed by atoms with Crippen molar-refractivity contribution in [3.05, 3.63) is 64.6 Å². The van der Waals surface area contributed by atoms with Gasteiger partial charge in [-0.3, -0.25) is 4.79 Å². The van der Waals surface area contributed by atoms with E-state index in [-0.39, 0.29) is 5.78 Å². The number of aryl methyl sites for hydroxylation is 2. The van der Waals surface area contributed by atoms with Crippen molar-refractivity contribution in [2.75, 3.05) is 25.1 Å². The molecule has 0 N–H and O–H groups in total. The topological polar surface area (TPSA) is 60.2 Å². The lowest BCUT2D eigenvalue weighted by Gasteiger charge is -2.19. The highest BCUT2D eigenvalue weighted by atomic mass is 35.5. The Morgan fingerprint density at radius 1 is 1.19 bits per heavy atom. The third kappa shape index (κ3) is 5.07. The van der Waals surface area contributed by atoms with Gasteiger partial charge in [-0.25, -0.2) is 9.67 Å². The van der Waals surface area contributed by atoms with E-state index >= 15 is 0 Å². The van der Waals surface area contributed by atoms with Crippen LogP contribution in [0.3, 0.4) is 0 Å². The molecule has 0 saturated carbocycles. The maximum absolute atomic E-state index is 12.7. The molecule has 1 aromatic carbocycles. The summed E-state index contributed by atoms with van der Waals surface area (Å²) in [6.45, 7) is 3.95. The second-order valence-corrected chi connectivity index (χ2v) is 8.38. The number of rotatable bonds is 8. The van der Waals surface area contributed by atoms with Crippen LogP contribution >= 0.6 is 11.6 Å². The highest BCUT2D eigenvalue weighted by molar-refractivity contribution is 6.30. The normalized spacial score (nSPS) is 13.6. The van der Waals surface area contributed by atoms with Crippen molar-refractivity contribution in [2.45, 2.75) is 39.0 Å². The molecule has 1 fully saturated rings. The van der Waals surface area contributed by atoms with Crippen LogP contribution < -0.4 is 9.64 Å². The zero-order chi connectivity index (χ0) is 21.8. The molecular formula is C24H27ClN4O2. The minimum absolute atomic E-state index is 0.161. The Kier molecular flexibility index (Phi) is 6.56. The highest BCUT2D eigenvalue weighted by Crippen LogP contribution is 2.29. The summed E-state index contributed by atoms with van der Waals surface area (Å²) >= 11 is 6.13.